The van der Waals surface area contributed by atoms with Crippen molar-refractivity contribution >= 4 is 46.3 Å². The van der Waals surface area contributed by atoms with E-state index < -0.39 is 7.26 Å². The minimum atomic E-state index is -2.11. The van der Waals surface area contributed by atoms with Gasteiger partial charge in [-0.3, -0.25) is 4.79 Å². The van der Waals surface area contributed by atoms with Gasteiger partial charge in [0.2, 0.25) is 0 Å². The van der Waals surface area contributed by atoms with E-state index in [0.717, 1.165) is 0 Å². The van der Waals surface area contributed by atoms with Gasteiger partial charge < -0.3 is 5.32 Å². The van der Waals surface area contributed by atoms with Gasteiger partial charge >= 0.3 is 0 Å². The van der Waals surface area contributed by atoms with E-state index in [1.807, 2.05) is 36.4 Å². The molecule has 0 aliphatic heterocycles. The van der Waals surface area contributed by atoms with Gasteiger partial charge in [0.05, 0.1) is 0 Å². The molecule has 0 unspecified atom stereocenters. The zero-order chi connectivity index (χ0) is 21.5. The molecule has 0 aliphatic rings. The van der Waals surface area contributed by atoms with E-state index in [0.29, 0.717) is 16.7 Å². The number of amides is 1. The van der Waals surface area contributed by atoms with E-state index in [9.17, 15) is 4.79 Å². The third-order valence-electron chi connectivity index (χ3n) is 5.26. The van der Waals surface area contributed by atoms with Crippen LogP contribution in [0.3, 0.4) is 0 Å². The molecular weight excluding hydrogens is 417 g/mol. The maximum absolute atomic E-state index is 12.8. The van der Waals surface area contributed by atoms with Crippen LogP contribution < -0.4 is 21.2 Å². The van der Waals surface area contributed by atoms with Crippen molar-refractivity contribution in [3.63, 3.8) is 0 Å². The first-order chi connectivity index (χ1) is 15.2. The van der Waals surface area contributed by atoms with Crippen LogP contribution in [0.2, 0.25) is 0 Å². The standard InChI is InChI=1S/C27H22NOPS/c29-27(22-13-5-1-6-14-22)28-26(31)21-30(23-15-7-2-8-16-23,24-17-9-3-10-18-24)25-19-11-4-12-20-25/h1-20H,21H2/p+1. The Kier molecular flexibility index (Phi) is 6.66. The third kappa shape index (κ3) is 4.64. The summed E-state index contributed by atoms with van der Waals surface area (Å²) in [5.41, 5.74) is 0.605. The van der Waals surface area contributed by atoms with Gasteiger partial charge in [-0.25, -0.2) is 0 Å². The highest BCUT2D eigenvalue weighted by Gasteiger charge is 2.46. The fraction of sp³-hybridized carbons (Fsp3) is 0.0370. The maximum Gasteiger partial charge on any atom is 0.256 e. The Hall–Kier alpha value is -3.13. The summed E-state index contributed by atoms with van der Waals surface area (Å²) in [7, 11) is -2.11. The Morgan fingerprint density at radius 1 is 0.613 bits per heavy atom. The summed E-state index contributed by atoms with van der Waals surface area (Å²) in [5, 5.41) is 6.70. The number of hydrogen-bond donors (Lipinski definition) is 1. The Balaban J connectivity index is 1.79. The van der Waals surface area contributed by atoms with Crippen LogP contribution in [-0.2, 0) is 0 Å². The predicted molar refractivity (Wildman–Crippen MR) is 137 cm³/mol. The Bertz CT molecular complexity index is 1050. The number of carbonyl (C=O) groups excluding carboxylic acids is 1. The molecule has 0 spiro atoms. The summed E-state index contributed by atoms with van der Waals surface area (Å²) in [6, 6.07) is 40.8. The fourth-order valence-electron chi connectivity index (χ4n) is 3.81. The quantitative estimate of drug-likeness (QED) is 0.347. The van der Waals surface area contributed by atoms with Crippen molar-refractivity contribution in [2.24, 2.45) is 0 Å². The summed E-state index contributed by atoms with van der Waals surface area (Å²) in [6.45, 7) is 0. The summed E-state index contributed by atoms with van der Waals surface area (Å²) < 4.78 is 0. The van der Waals surface area contributed by atoms with Crippen molar-refractivity contribution in [2.45, 2.75) is 0 Å². The summed E-state index contributed by atoms with van der Waals surface area (Å²) in [4.78, 5) is 13.3. The molecule has 4 rings (SSSR count). The fourth-order valence-corrected chi connectivity index (χ4v) is 8.48. The first-order valence-corrected chi connectivity index (χ1v) is 12.5. The minimum Gasteiger partial charge on any atom is -0.313 e. The second-order valence-corrected chi connectivity index (χ2v) is 11.2. The topological polar surface area (TPSA) is 29.1 Å². The number of hydrogen-bond acceptors (Lipinski definition) is 2. The summed E-state index contributed by atoms with van der Waals surface area (Å²) in [6.07, 6.45) is 0.582. The number of rotatable bonds is 6. The molecule has 0 aromatic heterocycles. The van der Waals surface area contributed by atoms with Crippen LogP contribution in [0.15, 0.2) is 121 Å². The van der Waals surface area contributed by atoms with Crippen LogP contribution in [0.5, 0.6) is 0 Å². The highest BCUT2D eigenvalue weighted by molar-refractivity contribution is 7.97. The van der Waals surface area contributed by atoms with Gasteiger partial charge in [-0.05, 0) is 48.5 Å². The molecule has 31 heavy (non-hydrogen) atoms. The Morgan fingerprint density at radius 3 is 1.35 bits per heavy atom. The largest absolute Gasteiger partial charge is 0.313 e. The Labute approximate surface area is 189 Å². The van der Waals surface area contributed by atoms with Crippen LogP contribution in [0.25, 0.3) is 0 Å². The molecule has 0 heterocycles. The second-order valence-electron chi connectivity index (χ2n) is 7.22. The zero-order valence-corrected chi connectivity index (χ0v) is 18.7. The molecule has 0 saturated heterocycles. The average Bonchev–Trinajstić information content (AvgIpc) is 2.85. The molecule has 0 atom stereocenters. The number of thiocarbonyl (C=S) groups is 1. The highest BCUT2D eigenvalue weighted by Crippen LogP contribution is 2.55. The molecule has 0 aliphatic carbocycles. The van der Waals surface area contributed by atoms with Crippen molar-refractivity contribution < 1.29 is 4.79 Å². The van der Waals surface area contributed by atoms with E-state index in [2.05, 4.69) is 78.1 Å². The molecule has 4 aromatic carbocycles. The van der Waals surface area contributed by atoms with Crippen molar-refractivity contribution in [1.29, 1.82) is 0 Å². The lowest BCUT2D eigenvalue weighted by atomic mass is 10.2. The van der Waals surface area contributed by atoms with Crippen molar-refractivity contribution in [3.8, 4) is 0 Å². The normalized spacial score (nSPS) is 11.0. The molecule has 0 saturated carbocycles. The van der Waals surface area contributed by atoms with Crippen LogP contribution >= 0.6 is 19.5 Å². The monoisotopic (exact) mass is 440 g/mol. The molecule has 0 radical (unpaired) electrons. The minimum absolute atomic E-state index is 0.169. The molecule has 1 N–H and O–H groups in total. The van der Waals surface area contributed by atoms with Crippen LogP contribution in [0.4, 0.5) is 0 Å². The first kappa shape index (κ1) is 21.1. The molecule has 1 amide bonds. The summed E-state index contributed by atoms with van der Waals surface area (Å²) >= 11 is 5.77. The smallest absolute Gasteiger partial charge is 0.256 e. The maximum atomic E-state index is 12.8. The van der Waals surface area contributed by atoms with Crippen LogP contribution in [0, 0.1) is 0 Å². The lowest BCUT2D eigenvalue weighted by Crippen LogP contribution is -2.40. The van der Waals surface area contributed by atoms with Crippen molar-refractivity contribution in [3.05, 3.63) is 127 Å². The number of nitrogens with one attached hydrogen (secondary N) is 1. The molecule has 4 heteroatoms. The number of carbonyl (C=O) groups is 1. The van der Waals surface area contributed by atoms with Gasteiger partial charge in [0.25, 0.3) is 5.91 Å². The average molecular weight is 441 g/mol. The van der Waals surface area contributed by atoms with Gasteiger partial charge in [0.1, 0.15) is 34.3 Å². The van der Waals surface area contributed by atoms with Crippen LogP contribution in [0.1, 0.15) is 10.4 Å². The lowest BCUT2D eigenvalue weighted by Gasteiger charge is -2.28. The van der Waals surface area contributed by atoms with Gasteiger partial charge in [-0.2, -0.15) is 0 Å². The van der Waals surface area contributed by atoms with Gasteiger partial charge in [0, 0.05) is 5.56 Å². The van der Waals surface area contributed by atoms with E-state index in [1.54, 1.807) is 12.1 Å². The van der Waals surface area contributed by atoms with E-state index >= 15 is 0 Å². The van der Waals surface area contributed by atoms with E-state index in [-0.39, 0.29) is 5.91 Å². The lowest BCUT2D eigenvalue weighted by molar-refractivity contribution is 0.0977. The Morgan fingerprint density at radius 2 is 0.968 bits per heavy atom. The molecule has 152 valence electrons. The van der Waals surface area contributed by atoms with Crippen molar-refractivity contribution in [2.75, 3.05) is 6.16 Å². The van der Waals surface area contributed by atoms with Gasteiger partial charge in [-0.1, -0.05) is 85.0 Å². The molecule has 0 fully saturated rings. The molecule has 2 nitrogen and oxygen atoms in total. The zero-order valence-electron chi connectivity index (χ0n) is 17.0. The number of benzene rings is 4. The predicted octanol–water partition coefficient (Wildman–Crippen LogP) is 4.74. The van der Waals surface area contributed by atoms with E-state index in [4.69, 9.17) is 12.2 Å². The molecular formula is C27H23NOPS+. The third-order valence-corrected chi connectivity index (χ3v) is 10.1. The first-order valence-electron chi connectivity index (χ1n) is 10.1. The van der Waals surface area contributed by atoms with Crippen LogP contribution in [-0.4, -0.2) is 17.1 Å². The molecule has 0 bridgehead atoms. The SMILES string of the molecule is O=C(NC(=S)C[P+](c1ccccc1)(c1ccccc1)c1ccccc1)c1ccccc1. The molecule has 4 aromatic rings. The highest BCUT2D eigenvalue weighted by atomic mass is 32.1. The van der Waals surface area contributed by atoms with Crippen molar-refractivity contribution in [1.82, 2.24) is 5.32 Å². The van der Waals surface area contributed by atoms with E-state index in [1.165, 1.54) is 15.9 Å². The second kappa shape index (κ2) is 9.78. The summed E-state index contributed by atoms with van der Waals surface area (Å²) in [5.74, 6) is -0.169. The van der Waals surface area contributed by atoms with Gasteiger partial charge in [-0.15, -0.1) is 0 Å². The van der Waals surface area contributed by atoms with Gasteiger partial charge in [0.15, 0.2) is 0 Å².